The highest BCUT2D eigenvalue weighted by Crippen LogP contribution is 2.10. The molecule has 0 saturated heterocycles. The van der Waals surface area contributed by atoms with Gasteiger partial charge in [-0.3, -0.25) is 4.79 Å². The number of carbonyl (C=O) groups excluding carboxylic acids is 1. The van der Waals surface area contributed by atoms with Gasteiger partial charge in [0.05, 0.1) is 0 Å². The monoisotopic (exact) mass is 222 g/mol. The molecule has 3 heteroatoms. The predicted molar refractivity (Wildman–Crippen MR) is 64.8 cm³/mol. The Bertz CT molecular complexity index is 332. The minimum absolute atomic E-state index is 0.250. The normalized spacial score (nSPS) is 8.69. The summed E-state index contributed by atoms with van der Waals surface area (Å²) in [7, 11) is 0. The van der Waals surface area contributed by atoms with Gasteiger partial charge < -0.3 is 9.84 Å². The van der Waals surface area contributed by atoms with Gasteiger partial charge >= 0.3 is 5.97 Å². The van der Waals surface area contributed by atoms with Crippen LogP contribution in [0, 0.1) is 0 Å². The summed E-state index contributed by atoms with van der Waals surface area (Å²) in [5, 5.41) is 7.57. The fourth-order valence-electron chi connectivity index (χ4n) is 1.04. The zero-order chi connectivity index (χ0) is 12.4. The Kier molecular flexibility index (Phi) is 7.81. The lowest BCUT2D eigenvalue weighted by molar-refractivity contribution is -0.142. The van der Waals surface area contributed by atoms with E-state index in [4.69, 9.17) is 9.84 Å². The smallest absolute Gasteiger partial charge is 0.302 e. The molecule has 88 valence electrons. The van der Waals surface area contributed by atoms with E-state index in [-0.39, 0.29) is 12.6 Å². The van der Waals surface area contributed by atoms with Crippen LogP contribution in [0.2, 0.25) is 0 Å². The summed E-state index contributed by atoms with van der Waals surface area (Å²) in [6, 6.07) is 7.69. The lowest BCUT2D eigenvalue weighted by Crippen LogP contribution is -1.99. The molecule has 1 rings (SSSR count). The maximum Gasteiger partial charge on any atom is 0.302 e. The average molecular weight is 222 g/mol. The van der Waals surface area contributed by atoms with Gasteiger partial charge in [0.2, 0.25) is 0 Å². The molecule has 0 heterocycles. The molecule has 0 unspecified atom stereocenters. The topological polar surface area (TPSA) is 46.5 Å². The van der Waals surface area contributed by atoms with Crippen molar-refractivity contribution in [1.82, 2.24) is 0 Å². The Morgan fingerprint density at radius 2 is 2.06 bits per heavy atom. The van der Waals surface area contributed by atoms with E-state index in [0.717, 1.165) is 11.1 Å². The van der Waals surface area contributed by atoms with Gasteiger partial charge in [-0.2, -0.15) is 0 Å². The van der Waals surface area contributed by atoms with Crippen molar-refractivity contribution >= 4 is 12.0 Å². The largest absolute Gasteiger partial charge is 0.461 e. The van der Waals surface area contributed by atoms with Crippen molar-refractivity contribution in [2.45, 2.75) is 20.5 Å². The number of hydrogen-bond acceptors (Lipinski definition) is 3. The molecule has 3 nitrogen and oxygen atoms in total. The van der Waals surface area contributed by atoms with Gasteiger partial charge in [-0.05, 0) is 18.1 Å². The predicted octanol–water partition coefficient (Wildman–Crippen LogP) is 2.39. The number of ether oxygens (including phenoxy) is 1. The molecule has 0 amide bonds. The van der Waals surface area contributed by atoms with Crippen molar-refractivity contribution in [3.05, 3.63) is 42.0 Å². The third-order valence-electron chi connectivity index (χ3n) is 1.71. The molecule has 0 fully saturated rings. The molecule has 1 N–H and O–H groups in total. The van der Waals surface area contributed by atoms with Crippen LogP contribution < -0.4 is 0 Å². The summed E-state index contributed by atoms with van der Waals surface area (Å²) >= 11 is 0. The van der Waals surface area contributed by atoms with Gasteiger partial charge in [-0.1, -0.05) is 36.9 Å². The highest BCUT2D eigenvalue weighted by molar-refractivity contribution is 5.66. The first-order chi connectivity index (χ1) is 7.65. The molecule has 0 aromatic heterocycles. The van der Waals surface area contributed by atoms with E-state index in [9.17, 15) is 4.79 Å². The Balaban J connectivity index is 0.000000673. The Labute approximate surface area is 96.4 Å². The molecular weight excluding hydrogens is 204 g/mol. The quantitative estimate of drug-likeness (QED) is 0.799. The molecule has 0 aliphatic rings. The van der Waals surface area contributed by atoms with Crippen LogP contribution >= 0.6 is 0 Å². The maximum absolute atomic E-state index is 10.6. The summed E-state index contributed by atoms with van der Waals surface area (Å²) < 4.78 is 4.88. The van der Waals surface area contributed by atoms with Crippen molar-refractivity contribution in [3.8, 4) is 0 Å². The molecule has 0 atom stereocenters. The fourth-order valence-corrected chi connectivity index (χ4v) is 1.04. The maximum atomic E-state index is 10.6. The zero-order valence-electron chi connectivity index (χ0n) is 9.77. The van der Waals surface area contributed by atoms with Crippen molar-refractivity contribution in [2.75, 3.05) is 6.61 Å². The fraction of sp³-hybridized carbons (Fsp3) is 0.308. The standard InChI is InChI=1S/C11H12O2.C2H6O/c1-3-10-6-4-5-7-11(10)8-13-9(2)12;1-2-3/h3-7H,1,8H2,2H3;3H,2H2,1H3. The van der Waals surface area contributed by atoms with E-state index < -0.39 is 0 Å². The molecule has 1 aromatic carbocycles. The van der Waals surface area contributed by atoms with E-state index in [1.165, 1.54) is 6.92 Å². The first-order valence-electron chi connectivity index (χ1n) is 5.10. The molecule has 0 bridgehead atoms. The van der Waals surface area contributed by atoms with Gasteiger partial charge in [-0.25, -0.2) is 0 Å². The van der Waals surface area contributed by atoms with Crippen molar-refractivity contribution in [1.29, 1.82) is 0 Å². The first kappa shape index (κ1) is 14.4. The molecule has 0 aliphatic carbocycles. The van der Waals surface area contributed by atoms with Crippen LogP contribution in [-0.4, -0.2) is 17.7 Å². The summed E-state index contributed by atoms with van der Waals surface area (Å²) in [5.74, 6) is -0.265. The summed E-state index contributed by atoms with van der Waals surface area (Å²) in [6.45, 7) is 7.33. The molecule has 1 aromatic rings. The second kappa shape index (κ2) is 8.68. The number of esters is 1. The summed E-state index contributed by atoms with van der Waals surface area (Å²) in [6.07, 6.45) is 1.75. The Hall–Kier alpha value is -1.61. The SMILES string of the molecule is C=Cc1ccccc1COC(C)=O.CCO. The lowest BCUT2D eigenvalue weighted by atomic mass is 10.1. The van der Waals surface area contributed by atoms with Gasteiger partial charge in [0.1, 0.15) is 6.61 Å². The van der Waals surface area contributed by atoms with Gasteiger partial charge in [-0.15, -0.1) is 0 Å². The molecule has 0 aliphatic heterocycles. The molecule has 0 spiro atoms. The molecule has 16 heavy (non-hydrogen) atoms. The van der Waals surface area contributed by atoms with Crippen LogP contribution in [0.25, 0.3) is 6.08 Å². The second-order valence-corrected chi connectivity index (χ2v) is 3.00. The van der Waals surface area contributed by atoms with E-state index in [2.05, 4.69) is 6.58 Å². The highest BCUT2D eigenvalue weighted by Gasteiger charge is 1.99. The Morgan fingerprint density at radius 1 is 1.50 bits per heavy atom. The van der Waals surface area contributed by atoms with E-state index in [0.29, 0.717) is 6.61 Å². The van der Waals surface area contributed by atoms with E-state index in [1.807, 2.05) is 24.3 Å². The van der Waals surface area contributed by atoms with Crippen LogP contribution in [0.4, 0.5) is 0 Å². The number of hydrogen-bond donors (Lipinski definition) is 1. The van der Waals surface area contributed by atoms with E-state index >= 15 is 0 Å². The number of aliphatic hydroxyl groups is 1. The number of aliphatic hydroxyl groups excluding tert-OH is 1. The lowest BCUT2D eigenvalue weighted by Gasteiger charge is -2.05. The summed E-state index contributed by atoms with van der Waals surface area (Å²) in [5.41, 5.74) is 1.98. The third-order valence-corrected chi connectivity index (χ3v) is 1.71. The van der Waals surface area contributed by atoms with Gasteiger partial charge in [0.25, 0.3) is 0 Å². The van der Waals surface area contributed by atoms with E-state index in [1.54, 1.807) is 13.0 Å². The molecule has 0 radical (unpaired) electrons. The van der Waals surface area contributed by atoms with Crippen LogP contribution in [0.1, 0.15) is 25.0 Å². The highest BCUT2D eigenvalue weighted by atomic mass is 16.5. The Morgan fingerprint density at radius 3 is 2.56 bits per heavy atom. The number of carbonyl (C=O) groups is 1. The zero-order valence-corrected chi connectivity index (χ0v) is 9.77. The average Bonchev–Trinajstić information content (AvgIpc) is 2.27. The van der Waals surface area contributed by atoms with Crippen LogP contribution in [0.3, 0.4) is 0 Å². The third kappa shape index (κ3) is 5.98. The molecular formula is C13H18O3. The second-order valence-electron chi connectivity index (χ2n) is 3.00. The van der Waals surface area contributed by atoms with Crippen LogP contribution in [0.5, 0.6) is 0 Å². The van der Waals surface area contributed by atoms with Gasteiger partial charge in [0.15, 0.2) is 0 Å². The van der Waals surface area contributed by atoms with Crippen LogP contribution in [0.15, 0.2) is 30.8 Å². The molecule has 0 saturated carbocycles. The first-order valence-corrected chi connectivity index (χ1v) is 5.10. The minimum atomic E-state index is -0.265. The van der Waals surface area contributed by atoms with Crippen molar-refractivity contribution < 1.29 is 14.6 Å². The number of rotatable bonds is 3. The summed E-state index contributed by atoms with van der Waals surface area (Å²) in [4.78, 5) is 10.6. The minimum Gasteiger partial charge on any atom is -0.461 e. The van der Waals surface area contributed by atoms with Crippen molar-refractivity contribution in [3.63, 3.8) is 0 Å². The van der Waals surface area contributed by atoms with Crippen LogP contribution in [-0.2, 0) is 16.1 Å². The van der Waals surface area contributed by atoms with Gasteiger partial charge in [0, 0.05) is 13.5 Å². The number of benzene rings is 1. The van der Waals surface area contributed by atoms with Crippen molar-refractivity contribution in [2.24, 2.45) is 0 Å².